The molecule has 0 bridgehead atoms. The van der Waals surface area contributed by atoms with E-state index in [0.29, 0.717) is 12.2 Å². The summed E-state index contributed by atoms with van der Waals surface area (Å²) in [5, 5.41) is 4.08. The minimum Gasteiger partial charge on any atom is -0.464 e. The van der Waals surface area contributed by atoms with Crippen molar-refractivity contribution in [1.29, 1.82) is 0 Å². The molecule has 1 heterocycles. The first-order chi connectivity index (χ1) is 6.83. The number of aromatic nitrogens is 2. The van der Waals surface area contributed by atoms with Gasteiger partial charge in [0.2, 0.25) is 0 Å². The summed E-state index contributed by atoms with van der Waals surface area (Å²) in [7, 11) is 1.31. The van der Waals surface area contributed by atoms with Gasteiger partial charge in [0.05, 0.1) is 12.8 Å². The predicted octanol–water partition coefficient (Wildman–Crippen LogP) is 1.30. The van der Waals surface area contributed by atoms with Gasteiger partial charge in [0.15, 0.2) is 5.69 Å². The molecule has 0 aliphatic heterocycles. The molecule has 0 saturated carbocycles. The van der Waals surface area contributed by atoms with Gasteiger partial charge in [-0.3, -0.25) is 4.68 Å². The van der Waals surface area contributed by atoms with Crippen LogP contribution in [0.3, 0.4) is 0 Å². The molecule has 0 fully saturated rings. The van der Waals surface area contributed by atoms with Crippen LogP contribution >= 0.6 is 0 Å². The van der Waals surface area contributed by atoms with Gasteiger partial charge in [0, 0.05) is 12.7 Å². The van der Waals surface area contributed by atoms with Gasteiger partial charge < -0.3 is 10.5 Å². The third kappa shape index (κ3) is 2.97. The van der Waals surface area contributed by atoms with E-state index in [-0.39, 0.29) is 11.1 Å². The normalized spacial score (nSPS) is 11.5. The molecule has 15 heavy (non-hydrogen) atoms. The summed E-state index contributed by atoms with van der Waals surface area (Å²) in [6, 6.07) is 0. The molecule has 0 radical (unpaired) electrons. The number of methoxy groups -OCH3 is 1. The smallest absolute Gasteiger partial charge is 0.360 e. The van der Waals surface area contributed by atoms with E-state index in [2.05, 4.69) is 30.6 Å². The fraction of sp³-hybridized carbons (Fsp3) is 0.600. The first-order valence-electron chi connectivity index (χ1n) is 4.75. The van der Waals surface area contributed by atoms with E-state index >= 15 is 0 Å². The SMILES string of the molecule is COC(=O)c1nn(CC(C)(C)C)cc1N. The highest BCUT2D eigenvalue weighted by molar-refractivity contribution is 5.92. The number of carbonyl (C=O) groups is 1. The Kier molecular flexibility index (Phi) is 3.02. The van der Waals surface area contributed by atoms with Crippen molar-refractivity contribution in [1.82, 2.24) is 9.78 Å². The largest absolute Gasteiger partial charge is 0.464 e. The number of nitrogens with two attached hydrogens (primary N) is 1. The quantitative estimate of drug-likeness (QED) is 0.748. The van der Waals surface area contributed by atoms with Crippen LogP contribution in [-0.4, -0.2) is 22.9 Å². The molecule has 0 unspecified atom stereocenters. The molecule has 0 aliphatic rings. The second kappa shape index (κ2) is 3.92. The number of hydrogen-bond acceptors (Lipinski definition) is 4. The van der Waals surface area contributed by atoms with Crippen molar-refractivity contribution in [3.05, 3.63) is 11.9 Å². The maximum Gasteiger partial charge on any atom is 0.360 e. The van der Waals surface area contributed by atoms with Crippen LogP contribution in [0.5, 0.6) is 0 Å². The highest BCUT2D eigenvalue weighted by Gasteiger charge is 2.18. The van der Waals surface area contributed by atoms with Crippen LogP contribution in [0.25, 0.3) is 0 Å². The number of nitrogens with zero attached hydrogens (tertiary/aromatic N) is 2. The van der Waals surface area contributed by atoms with Crippen LogP contribution in [0.2, 0.25) is 0 Å². The molecular weight excluding hydrogens is 194 g/mol. The van der Waals surface area contributed by atoms with Gasteiger partial charge >= 0.3 is 5.97 Å². The van der Waals surface area contributed by atoms with Crippen molar-refractivity contribution in [2.75, 3.05) is 12.8 Å². The Morgan fingerprint density at radius 2 is 2.20 bits per heavy atom. The second-order valence-electron chi connectivity index (χ2n) is 4.68. The monoisotopic (exact) mass is 211 g/mol. The zero-order chi connectivity index (χ0) is 11.6. The Hall–Kier alpha value is -1.52. The summed E-state index contributed by atoms with van der Waals surface area (Å²) in [5.74, 6) is -0.500. The van der Waals surface area contributed by atoms with E-state index in [1.165, 1.54) is 7.11 Å². The van der Waals surface area contributed by atoms with Gasteiger partial charge in [0.1, 0.15) is 0 Å². The molecule has 5 heteroatoms. The molecule has 1 aromatic heterocycles. The van der Waals surface area contributed by atoms with Crippen molar-refractivity contribution in [3.63, 3.8) is 0 Å². The van der Waals surface area contributed by atoms with Gasteiger partial charge in [-0.15, -0.1) is 0 Å². The highest BCUT2D eigenvalue weighted by Crippen LogP contribution is 2.18. The molecule has 5 nitrogen and oxygen atoms in total. The van der Waals surface area contributed by atoms with Gasteiger partial charge in [-0.2, -0.15) is 5.10 Å². The molecule has 0 aliphatic carbocycles. The molecule has 84 valence electrons. The fourth-order valence-electron chi connectivity index (χ4n) is 1.26. The average Bonchev–Trinajstić information content (AvgIpc) is 2.42. The van der Waals surface area contributed by atoms with E-state index in [4.69, 9.17) is 5.73 Å². The lowest BCUT2D eigenvalue weighted by Gasteiger charge is -2.17. The van der Waals surface area contributed by atoms with Crippen LogP contribution in [0.4, 0.5) is 5.69 Å². The first kappa shape index (κ1) is 11.6. The van der Waals surface area contributed by atoms with Crippen molar-refractivity contribution >= 4 is 11.7 Å². The van der Waals surface area contributed by atoms with Crippen LogP contribution in [0.1, 0.15) is 31.3 Å². The third-order valence-corrected chi connectivity index (χ3v) is 1.81. The van der Waals surface area contributed by atoms with Crippen LogP contribution in [0, 0.1) is 5.41 Å². The molecule has 0 aromatic carbocycles. The topological polar surface area (TPSA) is 70.1 Å². The Morgan fingerprint density at radius 3 is 2.67 bits per heavy atom. The van der Waals surface area contributed by atoms with E-state index in [0.717, 1.165) is 0 Å². The molecule has 1 aromatic rings. The van der Waals surface area contributed by atoms with Crippen molar-refractivity contribution in [3.8, 4) is 0 Å². The van der Waals surface area contributed by atoms with Gasteiger partial charge in [-0.05, 0) is 5.41 Å². The van der Waals surface area contributed by atoms with Gasteiger partial charge in [-0.25, -0.2) is 4.79 Å². The lowest BCUT2D eigenvalue weighted by Crippen LogP contribution is -2.16. The molecule has 2 N–H and O–H groups in total. The van der Waals surface area contributed by atoms with Crippen LogP contribution < -0.4 is 5.73 Å². The fourth-order valence-corrected chi connectivity index (χ4v) is 1.26. The molecule has 0 spiro atoms. The zero-order valence-corrected chi connectivity index (χ0v) is 9.57. The summed E-state index contributed by atoms with van der Waals surface area (Å²) >= 11 is 0. The molecular formula is C10H17N3O2. The number of hydrogen-bond donors (Lipinski definition) is 1. The molecule has 0 saturated heterocycles. The van der Waals surface area contributed by atoms with Crippen molar-refractivity contribution in [2.45, 2.75) is 27.3 Å². The van der Waals surface area contributed by atoms with Crippen molar-refractivity contribution in [2.24, 2.45) is 5.41 Å². The van der Waals surface area contributed by atoms with Gasteiger partial charge in [-0.1, -0.05) is 20.8 Å². The third-order valence-electron chi connectivity index (χ3n) is 1.81. The van der Waals surface area contributed by atoms with E-state index in [1.807, 2.05) is 0 Å². The number of esters is 1. The van der Waals surface area contributed by atoms with E-state index in [9.17, 15) is 4.79 Å². The summed E-state index contributed by atoms with van der Waals surface area (Å²) < 4.78 is 6.23. The standard InChI is InChI=1S/C10H17N3O2/c1-10(2,3)6-13-5-7(11)8(12-13)9(14)15-4/h5H,6,11H2,1-4H3. The summed E-state index contributed by atoms with van der Waals surface area (Å²) in [6.07, 6.45) is 1.65. The van der Waals surface area contributed by atoms with Crippen LogP contribution in [-0.2, 0) is 11.3 Å². The van der Waals surface area contributed by atoms with E-state index < -0.39 is 5.97 Å². The number of nitrogen functional groups attached to an aromatic ring is 1. The molecule has 0 amide bonds. The minimum atomic E-state index is -0.500. The Balaban J connectivity index is 2.91. The average molecular weight is 211 g/mol. The summed E-state index contributed by atoms with van der Waals surface area (Å²) in [5.41, 5.74) is 6.28. The maximum absolute atomic E-state index is 11.2. The first-order valence-corrected chi connectivity index (χ1v) is 4.75. The van der Waals surface area contributed by atoms with E-state index in [1.54, 1.807) is 10.9 Å². The lowest BCUT2D eigenvalue weighted by molar-refractivity contribution is 0.0593. The summed E-state index contributed by atoms with van der Waals surface area (Å²) in [4.78, 5) is 11.2. The number of ether oxygens (including phenoxy) is 1. The minimum absolute atomic E-state index is 0.0891. The molecule has 0 atom stereocenters. The highest BCUT2D eigenvalue weighted by atomic mass is 16.5. The van der Waals surface area contributed by atoms with Crippen LogP contribution in [0.15, 0.2) is 6.20 Å². The summed E-state index contributed by atoms with van der Waals surface area (Å²) in [6.45, 7) is 6.96. The number of anilines is 1. The Labute approximate surface area is 89.2 Å². The number of rotatable bonds is 2. The maximum atomic E-state index is 11.2. The van der Waals surface area contributed by atoms with Gasteiger partial charge in [0.25, 0.3) is 0 Å². The molecule has 1 rings (SSSR count). The zero-order valence-electron chi connectivity index (χ0n) is 9.57. The second-order valence-corrected chi connectivity index (χ2v) is 4.68. The Morgan fingerprint density at radius 1 is 1.60 bits per heavy atom. The Bertz CT molecular complexity index is 363. The lowest BCUT2D eigenvalue weighted by atomic mass is 9.97. The van der Waals surface area contributed by atoms with Crippen molar-refractivity contribution < 1.29 is 9.53 Å². The number of carbonyl (C=O) groups excluding carboxylic acids is 1. The predicted molar refractivity (Wildman–Crippen MR) is 57.4 cm³/mol.